The van der Waals surface area contributed by atoms with E-state index in [2.05, 4.69) is 10.2 Å². The predicted molar refractivity (Wildman–Crippen MR) is 114 cm³/mol. The van der Waals surface area contributed by atoms with Gasteiger partial charge in [0.2, 0.25) is 0 Å². The molecule has 3 rings (SSSR count). The maximum absolute atomic E-state index is 6.08. The molecule has 6 heteroatoms. The molecule has 26 heavy (non-hydrogen) atoms. The van der Waals surface area contributed by atoms with E-state index in [9.17, 15) is 0 Å². The average molecular weight is 384 g/mol. The molecule has 134 valence electrons. The van der Waals surface area contributed by atoms with Crippen molar-refractivity contribution >= 4 is 34.8 Å². The van der Waals surface area contributed by atoms with Gasteiger partial charge in [0.1, 0.15) is 17.8 Å². The maximum Gasteiger partial charge on any atom is 0.148 e. The van der Waals surface area contributed by atoms with E-state index in [-0.39, 0.29) is 0 Å². The Labute approximate surface area is 159 Å². The molecule has 0 saturated heterocycles. The quantitative estimate of drug-likeness (QED) is 0.570. The smallest absolute Gasteiger partial charge is 0.148 e. The summed E-state index contributed by atoms with van der Waals surface area (Å²) in [7, 11) is 3.31. The SMILES string of the molecule is COc1ccc(NP(=S)(Nc2ccc(OC)cc2)c2ccccc2)cc1. The van der Waals surface area contributed by atoms with Crippen LogP contribution in [0.1, 0.15) is 0 Å². The van der Waals surface area contributed by atoms with Gasteiger partial charge in [0, 0.05) is 16.7 Å². The Morgan fingerprint density at radius 3 is 1.46 bits per heavy atom. The van der Waals surface area contributed by atoms with Crippen LogP contribution in [-0.2, 0) is 11.8 Å². The highest BCUT2D eigenvalue weighted by molar-refractivity contribution is 8.19. The Bertz CT molecular complexity index is 830. The summed E-state index contributed by atoms with van der Waals surface area (Å²) >= 11 is 6.08. The van der Waals surface area contributed by atoms with Crippen molar-refractivity contribution < 1.29 is 9.47 Å². The van der Waals surface area contributed by atoms with E-state index in [1.165, 1.54) is 0 Å². The minimum absolute atomic E-state index is 0.812. The predicted octanol–water partition coefficient (Wildman–Crippen LogP) is 4.86. The molecule has 0 aromatic heterocycles. The number of rotatable bonds is 7. The number of hydrogen-bond acceptors (Lipinski definition) is 3. The summed E-state index contributed by atoms with van der Waals surface area (Å²) in [6, 6.07) is 25.6. The average Bonchev–Trinajstić information content (AvgIpc) is 2.70. The lowest BCUT2D eigenvalue weighted by atomic mass is 10.3. The van der Waals surface area contributed by atoms with Crippen LogP contribution in [0.5, 0.6) is 11.5 Å². The standard InChI is InChI=1S/C20H21N2O2PS/c1-23-18-12-8-16(9-13-18)21-25(26,20-6-4-3-5-7-20)22-17-10-14-19(24-2)15-11-17/h3-15H,1-2H3,(H2,21,22,26). The molecule has 0 aliphatic rings. The Morgan fingerprint density at radius 2 is 1.08 bits per heavy atom. The zero-order valence-electron chi connectivity index (χ0n) is 14.7. The molecule has 0 heterocycles. The van der Waals surface area contributed by atoms with E-state index in [0.717, 1.165) is 28.2 Å². The Kier molecular flexibility index (Phi) is 5.82. The van der Waals surface area contributed by atoms with Crippen molar-refractivity contribution in [3.8, 4) is 11.5 Å². The molecular weight excluding hydrogens is 363 g/mol. The van der Waals surface area contributed by atoms with Gasteiger partial charge in [-0.15, -0.1) is 0 Å². The highest BCUT2D eigenvalue weighted by Crippen LogP contribution is 2.45. The fraction of sp³-hybridized carbons (Fsp3) is 0.100. The van der Waals surface area contributed by atoms with E-state index >= 15 is 0 Å². The molecule has 0 atom stereocenters. The van der Waals surface area contributed by atoms with Crippen LogP contribution in [0.3, 0.4) is 0 Å². The van der Waals surface area contributed by atoms with Crippen molar-refractivity contribution in [3.05, 3.63) is 78.9 Å². The van der Waals surface area contributed by atoms with Gasteiger partial charge in [-0.25, -0.2) is 0 Å². The zero-order chi connectivity index (χ0) is 18.4. The van der Waals surface area contributed by atoms with E-state index in [1.807, 2.05) is 78.9 Å². The topological polar surface area (TPSA) is 42.5 Å². The molecule has 0 unspecified atom stereocenters. The number of nitrogens with one attached hydrogen (secondary N) is 2. The largest absolute Gasteiger partial charge is 0.497 e. The Balaban J connectivity index is 1.91. The zero-order valence-corrected chi connectivity index (χ0v) is 16.4. The maximum atomic E-state index is 6.08. The Hall–Kier alpha value is -2.49. The minimum Gasteiger partial charge on any atom is -0.497 e. The second kappa shape index (κ2) is 8.26. The van der Waals surface area contributed by atoms with Crippen LogP contribution in [0.4, 0.5) is 11.4 Å². The monoisotopic (exact) mass is 384 g/mol. The van der Waals surface area contributed by atoms with Gasteiger partial charge in [-0.2, -0.15) is 0 Å². The van der Waals surface area contributed by atoms with Crippen LogP contribution in [0.2, 0.25) is 0 Å². The first kappa shape index (κ1) is 18.3. The van der Waals surface area contributed by atoms with Crippen LogP contribution in [0, 0.1) is 0 Å². The highest BCUT2D eigenvalue weighted by Gasteiger charge is 2.20. The van der Waals surface area contributed by atoms with Crippen molar-refractivity contribution in [1.29, 1.82) is 0 Å². The van der Waals surface area contributed by atoms with Crippen molar-refractivity contribution in [2.45, 2.75) is 0 Å². The molecule has 0 radical (unpaired) electrons. The first-order chi connectivity index (χ1) is 12.6. The highest BCUT2D eigenvalue weighted by atomic mass is 32.4. The summed E-state index contributed by atoms with van der Waals surface area (Å²) in [5.74, 6) is 1.62. The van der Waals surface area contributed by atoms with Gasteiger partial charge in [0.05, 0.1) is 14.2 Å². The Morgan fingerprint density at radius 1 is 0.654 bits per heavy atom. The van der Waals surface area contributed by atoms with Crippen LogP contribution >= 0.6 is 6.34 Å². The normalized spacial score (nSPS) is 10.8. The van der Waals surface area contributed by atoms with Gasteiger partial charge >= 0.3 is 0 Å². The van der Waals surface area contributed by atoms with Crippen molar-refractivity contribution in [3.63, 3.8) is 0 Å². The third-order valence-corrected chi connectivity index (χ3v) is 7.22. The van der Waals surface area contributed by atoms with Crippen LogP contribution in [-0.4, -0.2) is 14.2 Å². The third kappa shape index (κ3) is 4.37. The molecule has 0 saturated carbocycles. The lowest BCUT2D eigenvalue weighted by molar-refractivity contribution is 0.415. The summed E-state index contributed by atoms with van der Waals surface area (Å²) in [6.07, 6.45) is -2.31. The number of anilines is 2. The minimum atomic E-state index is -2.31. The van der Waals surface area contributed by atoms with Gasteiger partial charge in [0.15, 0.2) is 0 Å². The van der Waals surface area contributed by atoms with Gasteiger partial charge in [-0.1, -0.05) is 30.3 Å². The number of ether oxygens (including phenoxy) is 2. The molecule has 4 nitrogen and oxygen atoms in total. The molecule has 0 aliphatic carbocycles. The summed E-state index contributed by atoms with van der Waals surface area (Å²) in [5, 5.41) is 8.11. The van der Waals surface area contributed by atoms with Gasteiger partial charge in [-0.05, 0) is 60.3 Å². The van der Waals surface area contributed by atoms with Gasteiger partial charge in [-0.3, -0.25) is 0 Å². The van der Waals surface area contributed by atoms with Crippen molar-refractivity contribution in [2.75, 3.05) is 24.4 Å². The molecule has 0 bridgehead atoms. The molecular formula is C20H21N2O2PS. The molecule has 3 aromatic rings. The molecule has 0 fully saturated rings. The summed E-state index contributed by atoms with van der Waals surface area (Å²) in [6.45, 7) is 0. The van der Waals surface area contributed by atoms with E-state index in [4.69, 9.17) is 21.3 Å². The molecule has 0 aliphatic heterocycles. The van der Waals surface area contributed by atoms with Gasteiger partial charge in [0.25, 0.3) is 0 Å². The number of benzene rings is 3. The van der Waals surface area contributed by atoms with Gasteiger partial charge < -0.3 is 19.6 Å². The first-order valence-electron chi connectivity index (χ1n) is 8.13. The summed E-state index contributed by atoms with van der Waals surface area (Å²) in [4.78, 5) is 0. The van der Waals surface area contributed by atoms with E-state index in [0.29, 0.717) is 0 Å². The van der Waals surface area contributed by atoms with E-state index < -0.39 is 6.34 Å². The van der Waals surface area contributed by atoms with Crippen molar-refractivity contribution in [1.82, 2.24) is 0 Å². The second-order valence-electron chi connectivity index (χ2n) is 5.63. The van der Waals surface area contributed by atoms with Crippen LogP contribution in [0.25, 0.3) is 0 Å². The molecule has 0 amide bonds. The van der Waals surface area contributed by atoms with Crippen molar-refractivity contribution in [2.24, 2.45) is 0 Å². The van der Waals surface area contributed by atoms with Crippen LogP contribution in [0.15, 0.2) is 78.9 Å². The lowest BCUT2D eigenvalue weighted by Crippen LogP contribution is -2.17. The summed E-state index contributed by atoms with van der Waals surface area (Å²) < 4.78 is 10.5. The second-order valence-corrected chi connectivity index (χ2v) is 9.45. The fourth-order valence-corrected chi connectivity index (χ4v) is 5.42. The number of methoxy groups -OCH3 is 2. The summed E-state index contributed by atoms with van der Waals surface area (Å²) in [5.41, 5.74) is 1.89. The van der Waals surface area contributed by atoms with Crippen LogP contribution < -0.4 is 25.0 Å². The molecule has 3 aromatic carbocycles. The number of hydrogen-bond donors (Lipinski definition) is 2. The first-order valence-corrected chi connectivity index (χ1v) is 10.9. The molecule has 0 spiro atoms. The third-order valence-electron chi connectivity index (χ3n) is 3.87. The lowest BCUT2D eigenvalue weighted by Gasteiger charge is -2.27. The fourth-order valence-electron chi connectivity index (χ4n) is 2.49. The molecule has 2 N–H and O–H groups in total. The van der Waals surface area contributed by atoms with E-state index in [1.54, 1.807) is 14.2 Å².